The predicted molar refractivity (Wildman–Crippen MR) is 84.2 cm³/mol. The van der Waals surface area contributed by atoms with Gasteiger partial charge in [-0.15, -0.1) is 11.8 Å². The summed E-state index contributed by atoms with van der Waals surface area (Å²) >= 11 is 7.54. The topological polar surface area (TPSA) is 45.0 Å². The Labute approximate surface area is 127 Å². The van der Waals surface area contributed by atoms with E-state index in [0.29, 0.717) is 16.3 Å². The van der Waals surface area contributed by atoms with Gasteiger partial charge in [0.05, 0.1) is 23.4 Å². The third-order valence-electron chi connectivity index (χ3n) is 2.79. The van der Waals surface area contributed by atoms with Gasteiger partial charge in [0.2, 0.25) is 0 Å². The number of nitrogens with one attached hydrogen (secondary N) is 1. The number of benzene rings is 2. The van der Waals surface area contributed by atoms with Crippen LogP contribution in [0.15, 0.2) is 41.3 Å². The van der Waals surface area contributed by atoms with Crippen LogP contribution in [0.2, 0.25) is 5.02 Å². The van der Waals surface area contributed by atoms with Gasteiger partial charge in [0, 0.05) is 16.6 Å². The summed E-state index contributed by atoms with van der Waals surface area (Å²) in [5, 5.41) is 13.1. The lowest BCUT2D eigenvalue weighted by Crippen LogP contribution is -1.96. The van der Waals surface area contributed by atoms with E-state index in [1.54, 1.807) is 31.0 Å². The molecule has 0 saturated carbocycles. The SMILES string of the molecule is COc1cc(Nc2cccc(SC)c2C#N)ccc1Cl. The molecule has 0 aliphatic rings. The molecule has 0 bridgehead atoms. The number of thioether (sulfide) groups is 1. The minimum atomic E-state index is 0.552. The molecule has 102 valence electrons. The molecule has 0 atom stereocenters. The second-order valence-corrected chi connectivity index (χ2v) is 5.22. The summed E-state index contributed by atoms with van der Waals surface area (Å²) < 4.78 is 5.18. The van der Waals surface area contributed by atoms with Gasteiger partial charge >= 0.3 is 0 Å². The molecule has 20 heavy (non-hydrogen) atoms. The van der Waals surface area contributed by atoms with Crippen LogP contribution in [0.1, 0.15) is 5.56 Å². The van der Waals surface area contributed by atoms with Crippen molar-refractivity contribution < 1.29 is 4.74 Å². The maximum absolute atomic E-state index is 9.30. The normalized spacial score (nSPS) is 9.90. The number of rotatable bonds is 4. The van der Waals surface area contributed by atoms with Crippen LogP contribution in [-0.4, -0.2) is 13.4 Å². The van der Waals surface area contributed by atoms with E-state index in [4.69, 9.17) is 16.3 Å². The molecule has 0 aromatic heterocycles. The molecule has 0 radical (unpaired) electrons. The number of hydrogen-bond acceptors (Lipinski definition) is 4. The van der Waals surface area contributed by atoms with E-state index < -0.39 is 0 Å². The number of methoxy groups -OCH3 is 1. The summed E-state index contributed by atoms with van der Waals surface area (Å²) in [6.07, 6.45) is 1.95. The summed E-state index contributed by atoms with van der Waals surface area (Å²) in [5.41, 5.74) is 2.22. The Morgan fingerprint density at radius 3 is 2.75 bits per heavy atom. The van der Waals surface area contributed by atoms with E-state index in [2.05, 4.69) is 11.4 Å². The summed E-state index contributed by atoms with van der Waals surface area (Å²) in [6.45, 7) is 0. The quantitative estimate of drug-likeness (QED) is 0.833. The van der Waals surface area contributed by atoms with Crippen molar-refractivity contribution in [2.45, 2.75) is 4.90 Å². The Kier molecular flexibility index (Phi) is 4.78. The monoisotopic (exact) mass is 304 g/mol. The molecule has 2 rings (SSSR count). The Morgan fingerprint density at radius 1 is 1.30 bits per heavy atom. The van der Waals surface area contributed by atoms with Crippen LogP contribution in [-0.2, 0) is 0 Å². The minimum absolute atomic E-state index is 0.552. The highest BCUT2D eigenvalue weighted by Crippen LogP contribution is 2.32. The molecule has 5 heteroatoms. The molecule has 0 amide bonds. The van der Waals surface area contributed by atoms with Crippen LogP contribution in [0.25, 0.3) is 0 Å². The Balaban J connectivity index is 2.38. The lowest BCUT2D eigenvalue weighted by Gasteiger charge is -2.12. The number of anilines is 2. The van der Waals surface area contributed by atoms with Crippen LogP contribution < -0.4 is 10.1 Å². The van der Waals surface area contributed by atoms with E-state index in [1.807, 2.05) is 30.5 Å². The smallest absolute Gasteiger partial charge is 0.139 e. The Morgan fingerprint density at radius 2 is 2.10 bits per heavy atom. The zero-order valence-electron chi connectivity index (χ0n) is 11.1. The number of halogens is 1. The van der Waals surface area contributed by atoms with Gasteiger partial charge in [0.25, 0.3) is 0 Å². The highest BCUT2D eigenvalue weighted by atomic mass is 35.5. The lowest BCUT2D eigenvalue weighted by molar-refractivity contribution is 0.415. The van der Waals surface area contributed by atoms with Crippen LogP contribution in [0.4, 0.5) is 11.4 Å². The van der Waals surface area contributed by atoms with E-state index in [-0.39, 0.29) is 0 Å². The van der Waals surface area contributed by atoms with Crippen molar-refractivity contribution in [1.82, 2.24) is 0 Å². The van der Waals surface area contributed by atoms with Gasteiger partial charge in [0.15, 0.2) is 0 Å². The average molecular weight is 305 g/mol. The van der Waals surface area contributed by atoms with Crippen molar-refractivity contribution >= 4 is 34.7 Å². The van der Waals surface area contributed by atoms with Crippen LogP contribution >= 0.6 is 23.4 Å². The molecule has 1 N–H and O–H groups in total. The molecular weight excluding hydrogens is 292 g/mol. The summed E-state index contributed by atoms with van der Waals surface area (Å²) in [5.74, 6) is 0.594. The zero-order chi connectivity index (χ0) is 14.5. The molecule has 2 aromatic rings. The van der Waals surface area contributed by atoms with Gasteiger partial charge in [-0.3, -0.25) is 0 Å². The molecule has 0 fully saturated rings. The molecule has 3 nitrogen and oxygen atoms in total. The summed E-state index contributed by atoms with van der Waals surface area (Å²) in [6, 6.07) is 13.4. The highest BCUT2D eigenvalue weighted by molar-refractivity contribution is 7.98. The van der Waals surface area contributed by atoms with Crippen molar-refractivity contribution in [2.75, 3.05) is 18.7 Å². The van der Waals surface area contributed by atoms with Crippen molar-refractivity contribution in [3.05, 3.63) is 47.0 Å². The Bertz CT molecular complexity index is 667. The largest absolute Gasteiger partial charge is 0.495 e. The van der Waals surface area contributed by atoms with Gasteiger partial charge in [-0.2, -0.15) is 5.26 Å². The van der Waals surface area contributed by atoms with Gasteiger partial charge < -0.3 is 10.1 Å². The molecule has 0 aliphatic heterocycles. The number of nitrogens with zero attached hydrogens (tertiary/aromatic N) is 1. The van der Waals surface area contributed by atoms with Crippen LogP contribution in [0.3, 0.4) is 0 Å². The van der Waals surface area contributed by atoms with Gasteiger partial charge in [-0.1, -0.05) is 17.7 Å². The third-order valence-corrected chi connectivity index (χ3v) is 3.88. The first kappa shape index (κ1) is 14.6. The fourth-order valence-corrected chi connectivity index (χ4v) is 2.58. The van der Waals surface area contributed by atoms with E-state index in [1.165, 1.54) is 0 Å². The Hall–Kier alpha value is -1.83. The number of nitriles is 1. The number of ether oxygens (including phenoxy) is 1. The standard InChI is InChI=1S/C15H13ClN2OS/c1-19-14-8-10(6-7-12(14)16)18-13-4-3-5-15(20-2)11(13)9-17/h3-8,18H,1-2H3. The van der Waals surface area contributed by atoms with Gasteiger partial charge in [-0.05, 0) is 30.5 Å². The minimum Gasteiger partial charge on any atom is -0.495 e. The highest BCUT2D eigenvalue weighted by Gasteiger charge is 2.08. The summed E-state index contributed by atoms with van der Waals surface area (Å²) in [4.78, 5) is 0.943. The van der Waals surface area contributed by atoms with E-state index in [9.17, 15) is 5.26 Å². The van der Waals surface area contributed by atoms with Crippen molar-refractivity contribution in [2.24, 2.45) is 0 Å². The third kappa shape index (κ3) is 3.01. The average Bonchev–Trinajstić information content (AvgIpc) is 2.48. The van der Waals surface area contributed by atoms with Gasteiger partial charge in [0.1, 0.15) is 11.8 Å². The number of hydrogen-bond donors (Lipinski definition) is 1. The van der Waals surface area contributed by atoms with Crippen molar-refractivity contribution in [3.8, 4) is 11.8 Å². The maximum Gasteiger partial charge on any atom is 0.139 e. The first-order valence-electron chi connectivity index (χ1n) is 5.87. The molecule has 0 aliphatic carbocycles. The van der Waals surface area contributed by atoms with Crippen molar-refractivity contribution in [3.63, 3.8) is 0 Å². The van der Waals surface area contributed by atoms with Gasteiger partial charge in [-0.25, -0.2) is 0 Å². The fraction of sp³-hybridized carbons (Fsp3) is 0.133. The van der Waals surface area contributed by atoms with Crippen LogP contribution in [0.5, 0.6) is 5.75 Å². The summed E-state index contributed by atoms with van der Waals surface area (Å²) in [7, 11) is 1.57. The molecular formula is C15H13ClN2OS. The molecule has 0 heterocycles. The van der Waals surface area contributed by atoms with E-state index >= 15 is 0 Å². The van der Waals surface area contributed by atoms with Crippen LogP contribution in [0, 0.1) is 11.3 Å². The second-order valence-electron chi connectivity index (χ2n) is 3.97. The zero-order valence-corrected chi connectivity index (χ0v) is 12.7. The molecule has 0 spiro atoms. The molecule has 0 saturated heterocycles. The molecule has 0 unspecified atom stereocenters. The lowest BCUT2D eigenvalue weighted by atomic mass is 10.2. The first-order chi connectivity index (χ1) is 9.69. The first-order valence-corrected chi connectivity index (χ1v) is 7.47. The maximum atomic E-state index is 9.30. The molecule has 2 aromatic carbocycles. The second kappa shape index (κ2) is 6.56. The van der Waals surface area contributed by atoms with Crippen molar-refractivity contribution in [1.29, 1.82) is 5.26 Å². The fourth-order valence-electron chi connectivity index (χ4n) is 1.81. The van der Waals surface area contributed by atoms with E-state index in [0.717, 1.165) is 16.3 Å². The predicted octanol–water partition coefficient (Wildman–Crippen LogP) is 4.69.